The fourth-order valence-corrected chi connectivity index (χ4v) is 2.44. The molecule has 0 unspecified atom stereocenters. The van der Waals surface area contributed by atoms with Crippen molar-refractivity contribution in [3.05, 3.63) is 59.4 Å². The van der Waals surface area contributed by atoms with E-state index in [2.05, 4.69) is 6.07 Å². The molecule has 4 heteroatoms. The molecule has 22 heavy (non-hydrogen) atoms. The minimum atomic E-state index is 0.603. The lowest BCUT2D eigenvalue weighted by Crippen LogP contribution is -1.94. The molecule has 0 aliphatic heterocycles. The molecular weight excluding hydrogens is 276 g/mol. The third-order valence-electron chi connectivity index (χ3n) is 3.47. The second-order valence-corrected chi connectivity index (χ2v) is 5.27. The Morgan fingerprint density at radius 1 is 0.955 bits per heavy atom. The van der Waals surface area contributed by atoms with Gasteiger partial charge in [0, 0.05) is 12.4 Å². The first-order chi connectivity index (χ1) is 10.6. The Labute approximate surface area is 129 Å². The van der Waals surface area contributed by atoms with Gasteiger partial charge in [0.05, 0.1) is 18.2 Å². The molecule has 0 atom stereocenters. The number of aromatic nitrogens is 1. The molecule has 3 rings (SSSR count). The Balaban J connectivity index is 2.11. The van der Waals surface area contributed by atoms with Crippen LogP contribution in [0.4, 0.5) is 0 Å². The summed E-state index contributed by atoms with van der Waals surface area (Å²) in [6.45, 7) is 3.99. The Bertz CT molecular complexity index is 888. The van der Waals surface area contributed by atoms with Crippen molar-refractivity contribution in [2.24, 2.45) is 0 Å². The molecule has 0 spiro atoms. The molecule has 0 N–H and O–H groups in total. The predicted molar refractivity (Wildman–Crippen MR) is 84.7 cm³/mol. The number of rotatable bonds is 3. The molecule has 0 radical (unpaired) electrons. The SMILES string of the molecule is COc1cc(C)ccc1Oc1cc(C)cn2cc(C#N)cc12. The summed E-state index contributed by atoms with van der Waals surface area (Å²) in [6.07, 6.45) is 3.76. The Morgan fingerprint density at radius 2 is 1.73 bits per heavy atom. The van der Waals surface area contributed by atoms with Gasteiger partial charge >= 0.3 is 0 Å². The number of benzene rings is 1. The molecule has 110 valence electrons. The molecule has 3 aromatic rings. The van der Waals surface area contributed by atoms with Gasteiger partial charge in [0.2, 0.25) is 0 Å². The summed E-state index contributed by atoms with van der Waals surface area (Å²) in [5.74, 6) is 2.04. The van der Waals surface area contributed by atoms with Crippen molar-refractivity contribution in [1.29, 1.82) is 5.26 Å². The predicted octanol–water partition coefficient (Wildman–Crippen LogP) is 4.23. The first-order valence-electron chi connectivity index (χ1n) is 6.95. The van der Waals surface area contributed by atoms with Gasteiger partial charge in [-0.3, -0.25) is 0 Å². The number of nitriles is 1. The van der Waals surface area contributed by atoms with Crippen molar-refractivity contribution in [1.82, 2.24) is 4.40 Å². The molecule has 0 bridgehead atoms. The summed E-state index contributed by atoms with van der Waals surface area (Å²) in [6, 6.07) is 11.7. The van der Waals surface area contributed by atoms with E-state index in [1.807, 2.05) is 54.8 Å². The number of hydrogen-bond donors (Lipinski definition) is 0. The van der Waals surface area contributed by atoms with E-state index in [4.69, 9.17) is 14.7 Å². The molecule has 0 amide bonds. The van der Waals surface area contributed by atoms with E-state index in [0.29, 0.717) is 22.8 Å². The van der Waals surface area contributed by atoms with Gasteiger partial charge in [0.15, 0.2) is 17.2 Å². The highest BCUT2D eigenvalue weighted by atomic mass is 16.5. The van der Waals surface area contributed by atoms with Gasteiger partial charge in [0.1, 0.15) is 6.07 Å². The third-order valence-corrected chi connectivity index (χ3v) is 3.47. The zero-order valence-corrected chi connectivity index (χ0v) is 12.8. The van der Waals surface area contributed by atoms with Crippen LogP contribution in [0.15, 0.2) is 42.7 Å². The van der Waals surface area contributed by atoms with Crippen LogP contribution in [0.25, 0.3) is 5.52 Å². The molecule has 0 aliphatic rings. The lowest BCUT2D eigenvalue weighted by molar-refractivity contribution is 0.379. The molecule has 0 saturated carbocycles. The minimum Gasteiger partial charge on any atom is -0.493 e. The monoisotopic (exact) mass is 292 g/mol. The van der Waals surface area contributed by atoms with Crippen molar-refractivity contribution >= 4 is 5.52 Å². The van der Waals surface area contributed by atoms with Gasteiger partial charge in [0.25, 0.3) is 0 Å². The fourth-order valence-electron chi connectivity index (χ4n) is 2.44. The Morgan fingerprint density at radius 3 is 2.45 bits per heavy atom. The minimum absolute atomic E-state index is 0.603. The van der Waals surface area contributed by atoms with Gasteiger partial charge in [-0.15, -0.1) is 0 Å². The van der Waals surface area contributed by atoms with E-state index in [-0.39, 0.29) is 0 Å². The third kappa shape index (κ3) is 2.49. The average Bonchev–Trinajstić information content (AvgIpc) is 2.92. The maximum atomic E-state index is 9.08. The lowest BCUT2D eigenvalue weighted by Gasteiger charge is -2.12. The van der Waals surface area contributed by atoms with Crippen LogP contribution < -0.4 is 9.47 Å². The van der Waals surface area contributed by atoms with Crippen molar-refractivity contribution in [2.75, 3.05) is 7.11 Å². The van der Waals surface area contributed by atoms with Gasteiger partial charge in [-0.05, 0) is 49.2 Å². The number of aryl methyl sites for hydroxylation is 2. The van der Waals surface area contributed by atoms with Crippen molar-refractivity contribution in [2.45, 2.75) is 13.8 Å². The second kappa shape index (κ2) is 5.45. The highest BCUT2D eigenvalue weighted by Gasteiger charge is 2.11. The van der Waals surface area contributed by atoms with Crippen LogP contribution in [0.2, 0.25) is 0 Å². The molecule has 0 aliphatic carbocycles. The number of fused-ring (bicyclic) bond motifs is 1. The van der Waals surface area contributed by atoms with E-state index >= 15 is 0 Å². The van der Waals surface area contributed by atoms with Crippen LogP contribution in [0.1, 0.15) is 16.7 Å². The molecule has 1 aromatic carbocycles. The van der Waals surface area contributed by atoms with Crippen LogP contribution >= 0.6 is 0 Å². The van der Waals surface area contributed by atoms with Crippen molar-refractivity contribution in [3.63, 3.8) is 0 Å². The van der Waals surface area contributed by atoms with Gasteiger partial charge in [-0.1, -0.05) is 6.07 Å². The fraction of sp³-hybridized carbons (Fsp3) is 0.167. The van der Waals surface area contributed by atoms with E-state index in [1.165, 1.54) is 0 Å². The second-order valence-electron chi connectivity index (χ2n) is 5.27. The molecule has 2 heterocycles. The van der Waals surface area contributed by atoms with E-state index < -0.39 is 0 Å². The maximum Gasteiger partial charge on any atom is 0.169 e. The Kier molecular flexibility index (Phi) is 3.48. The highest BCUT2D eigenvalue weighted by molar-refractivity contribution is 5.66. The highest BCUT2D eigenvalue weighted by Crippen LogP contribution is 2.35. The van der Waals surface area contributed by atoms with Crippen LogP contribution in [-0.4, -0.2) is 11.5 Å². The topological polar surface area (TPSA) is 46.7 Å². The summed E-state index contributed by atoms with van der Waals surface area (Å²) < 4.78 is 13.3. The normalized spacial score (nSPS) is 10.5. The summed E-state index contributed by atoms with van der Waals surface area (Å²) in [5.41, 5.74) is 3.61. The number of nitrogens with zero attached hydrogens (tertiary/aromatic N) is 2. The van der Waals surface area contributed by atoms with Crippen LogP contribution in [0.5, 0.6) is 17.2 Å². The van der Waals surface area contributed by atoms with E-state index in [9.17, 15) is 0 Å². The van der Waals surface area contributed by atoms with Crippen molar-refractivity contribution in [3.8, 4) is 23.3 Å². The Hall–Kier alpha value is -2.93. The standard InChI is InChI=1S/C18H16N2O2/c1-12-4-5-16(18(6-12)21-3)22-17-7-13(2)10-20-11-14(9-19)8-15(17)20/h4-8,10-11H,1-3H3. The van der Waals surface area contributed by atoms with E-state index in [1.54, 1.807) is 13.3 Å². The quantitative estimate of drug-likeness (QED) is 0.725. The summed E-state index contributed by atoms with van der Waals surface area (Å²) in [7, 11) is 1.62. The summed E-state index contributed by atoms with van der Waals surface area (Å²) in [4.78, 5) is 0. The number of methoxy groups -OCH3 is 1. The molecule has 0 fully saturated rings. The molecule has 2 aromatic heterocycles. The first-order valence-corrected chi connectivity index (χ1v) is 6.95. The van der Waals surface area contributed by atoms with Crippen LogP contribution in [-0.2, 0) is 0 Å². The summed E-state index contributed by atoms with van der Waals surface area (Å²) >= 11 is 0. The first kappa shape index (κ1) is 14.0. The van der Waals surface area contributed by atoms with Crippen LogP contribution in [0, 0.1) is 25.2 Å². The number of ether oxygens (including phenoxy) is 2. The largest absolute Gasteiger partial charge is 0.493 e. The number of pyridine rings is 1. The maximum absolute atomic E-state index is 9.08. The zero-order chi connectivity index (χ0) is 15.7. The average molecular weight is 292 g/mol. The van der Waals surface area contributed by atoms with Gasteiger partial charge < -0.3 is 13.9 Å². The van der Waals surface area contributed by atoms with Gasteiger partial charge in [-0.25, -0.2) is 0 Å². The van der Waals surface area contributed by atoms with Gasteiger partial charge in [-0.2, -0.15) is 5.26 Å². The molecule has 4 nitrogen and oxygen atoms in total. The van der Waals surface area contributed by atoms with E-state index in [0.717, 1.165) is 16.6 Å². The number of hydrogen-bond acceptors (Lipinski definition) is 3. The zero-order valence-electron chi connectivity index (χ0n) is 12.8. The lowest BCUT2D eigenvalue weighted by atomic mass is 10.2. The smallest absolute Gasteiger partial charge is 0.169 e. The van der Waals surface area contributed by atoms with Crippen LogP contribution in [0.3, 0.4) is 0 Å². The molecule has 0 saturated heterocycles. The summed E-state index contributed by atoms with van der Waals surface area (Å²) in [5, 5.41) is 9.08. The van der Waals surface area contributed by atoms with Crippen molar-refractivity contribution < 1.29 is 9.47 Å². The molecular formula is C18H16N2O2.